The Morgan fingerprint density at radius 2 is 1.94 bits per heavy atom. The summed E-state index contributed by atoms with van der Waals surface area (Å²) in [6, 6.07) is 10.9. The van der Waals surface area contributed by atoms with E-state index in [9.17, 15) is 18.1 Å². The van der Waals surface area contributed by atoms with Gasteiger partial charge in [0.1, 0.15) is 11.2 Å². The highest BCUT2D eigenvalue weighted by atomic mass is 32.2. The second kappa shape index (κ2) is 8.43. The number of benzene rings is 1. The second-order valence-electron chi connectivity index (χ2n) is 9.05. The summed E-state index contributed by atoms with van der Waals surface area (Å²) in [6.07, 6.45) is 4.11. The fourth-order valence-electron chi connectivity index (χ4n) is 4.35. The molecule has 2 unspecified atom stereocenters. The van der Waals surface area contributed by atoms with Gasteiger partial charge in [-0.25, -0.2) is 4.39 Å². The van der Waals surface area contributed by atoms with Crippen molar-refractivity contribution in [3.63, 3.8) is 0 Å². The maximum atomic E-state index is 14.8. The molecule has 0 radical (unpaired) electrons. The first-order chi connectivity index (χ1) is 15.4. The third-order valence-corrected chi connectivity index (χ3v) is 9.88. The van der Waals surface area contributed by atoms with Crippen LogP contribution in [-0.2, 0) is 31.0 Å². The summed E-state index contributed by atoms with van der Waals surface area (Å²) in [6.45, 7) is 13.8. The Kier molecular flexibility index (Phi) is 6.30. The van der Waals surface area contributed by atoms with Crippen LogP contribution in [0.5, 0.6) is 0 Å². The largest absolute Gasteiger partial charge is 0.390 e. The minimum atomic E-state index is -4.59. The molecular formula is C24H28FN3O3SSi. The predicted octanol–water partition coefficient (Wildman–Crippen LogP) is 4.33. The number of rotatable bonds is 7. The van der Waals surface area contributed by atoms with E-state index >= 15 is 0 Å². The Balaban J connectivity index is 2.48. The maximum absolute atomic E-state index is 14.8. The Bertz CT molecular complexity index is 1280. The van der Waals surface area contributed by atoms with Gasteiger partial charge in [0.05, 0.1) is 31.8 Å². The summed E-state index contributed by atoms with van der Waals surface area (Å²) in [7, 11) is -6.26. The highest BCUT2D eigenvalue weighted by Crippen LogP contribution is 2.53. The van der Waals surface area contributed by atoms with E-state index < -0.39 is 34.2 Å². The van der Waals surface area contributed by atoms with Gasteiger partial charge in [0.25, 0.3) is 0 Å². The zero-order valence-corrected chi connectivity index (χ0v) is 21.3. The minimum Gasteiger partial charge on any atom is -0.390 e. The number of nitrogens with zero attached hydrogens (tertiary/aromatic N) is 3. The van der Waals surface area contributed by atoms with Crippen LogP contribution in [0.1, 0.15) is 23.9 Å². The molecule has 174 valence electrons. The second-order valence-corrected chi connectivity index (χ2v) is 15.9. The molecule has 0 N–H and O–H groups in total. The Morgan fingerprint density at radius 1 is 1.30 bits per heavy atom. The van der Waals surface area contributed by atoms with E-state index in [4.69, 9.17) is 4.18 Å². The number of hydrogen-bond acceptors (Lipinski definition) is 5. The molecule has 0 saturated heterocycles. The lowest BCUT2D eigenvalue weighted by Gasteiger charge is -2.43. The molecule has 1 aliphatic carbocycles. The molecular weight excluding hydrogens is 457 g/mol. The number of nitriles is 1. The lowest BCUT2D eigenvalue weighted by Crippen LogP contribution is -2.54. The minimum absolute atomic E-state index is 0.208. The van der Waals surface area contributed by atoms with Crippen molar-refractivity contribution in [3.8, 4) is 6.07 Å². The predicted molar refractivity (Wildman–Crippen MR) is 130 cm³/mol. The van der Waals surface area contributed by atoms with Gasteiger partial charge < -0.3 is 4.18 Å². The lowest BCUT2D eigenvalue weighted by molar-refractivity contribution is 0.371. The van der Waals surface area contributed by atoms with Crippen molar-refractivity contribution in [2.75, 3.05) is 0 Å². The fourth-order valence-corrected chi connectivity index (χ4v) is 7.12. The van der Waals surface area contributed by atoms with Gasteiger partial charge in [0, 0.05) is 6.54 Å². The molecule has 1 aromatic heterocycles. The molecule has 0 fully saturated rings. The van der Waals surface area contributed by atoms with Gasteiger partial charge in [-0.2, -0.15) is 18.8 Å². The van der Waals surface area contributed by atoms with Crippen LogP contribution >= 0.6 is 0 Å². The number of aryl methyl sites for hydroxylation is 2. The molecule has 0 aliphatic heterocycles. The highest BCUT2D eigenvalue weighted by molar-refractivity contribution is 7.88. The Morgan fingerprint density at radius 3 is 2.45 bits per heavy atom. The van der Waals surface area contributed by atoms with Gasteiger partial charge in [0.2, 0.25) is 0 Å². The SMILES string of the molecule is C=COS(=O)(=O)C1(c2cc(C)nn2CC)C=CC(F)=CC1(C#N)c1ccc([Si](C)(C)C)cc1. The molecule has 33 heavy (non-hydrogen) atoms. The van der Waals surface area contributed by atoms with Crippen molar-refractivity contribution in [1.82, 2.24) is 9.78 Å². The first-order valence-electron chi connectivity index (χ1n) is 10.6. The number of aromatic nitrogens is 2. The van der Waals surface area contributed by atoms with E-state index in [0.717, 1.165) is 23.6 Å². The van der Waals surface area contributed by atoms with Gasteiger partial charge in [-0.3, -0.25) is 4.68 Å². The van der Waals surface area contributed by atoms with Crippen LogP contribution in [0.15, 0.2) is 67.2 Å². The lowest BCUT2D eigenvalue weighted by atomic mass is 9.66. The summed E-state index contributed by atoms with van der Waals surface area (Å²) in [5, 5.41) is 16.1. The molecule has 2 atom stereocenters. The Hall–Kier alpha value is -2.96. The molecule has 2 aromatic rings. The molecule has 9 heteroatoms. The van der Waals surface area contributed by atoms with E-state index in [1.165, 1.54) is 10.8 Å². The monoisotopic (exact) mass is 485 g/mol. The molecule has 3 rings (SSSR count). The van der Waals surface area contributed by atoms with Crippen molar-refractivity contribution >= 4 is 23.4 Å². The van der Waals surface area contributed by atoms with Crippen LogP contribution in [0, 0.1) is 18.3 Å². The van der Waals surface area contributed by atoms with E-state index in [1.807, 2.05) is 19.1 Å². The first-order valence-corrected chi connectivity index (χ1v) is 15.5. The number of hydrogen-bond donors (Lipinski definition) is 0. The van der Waals surface area contributed by atoms with E-state index in [-0.39, 0.29) is 5.69 Å². The van der Waals surface area contributed by atoms with Crippen molar-refractivity contribution < 1.29 is 17.0 Å². The zero-order valence-electron chi connectivity index (χ0n) is 19.5. The van der Waals surface area contributed by atoms with Gasteiger partial charge in [-0.15, -0.1) is 0 Å². The third-order valence-electron chi connectivity index (χ3n) is 5.97. The highest BCUT2D eigenvalue weighted by Gasteiger charge is 2.64. The molecule has 0 saturated carbocycles. The summed E-state index contributed by atoms with van der Waals surface area (Å²) >= 11 is 0. The van der Waals surface area contributed by atoms with Gasteiger partial charge in [-0.05, 0) is 43.7 Å². The molecule has 6 nitrogen and oxygen atoms in total. The topological polar surface area (TPSA) is 85.0 Å². The molecule has 1 heterocycles. The molecule has 0 spiro atoms. The van der Waals surface area contributed by atoms with Crippen LogP contribution in [-0.4, -0.2) is 26.3 Å². The molecule has 1 aromatic carbocycles. The standard InChI is InChI=1S/C24H28FN3O3SSi/c1-7-28-22(15-18(3)27-28)24(32(29,30)31-8-2)14-13-20(25)16-23(24,17-26)19-9-11-21(12-10-19)33(4,5)6/h8-16H,2,7H2,1,3-6H3. The van der Waals surface area contributed by atoms with Crippen LogP contribution in [0.4, 0.5) is 4.39 Å². The third kappa shape index (κ3) is 3.77. The van der Waals surface area contributed by atoms with Gasteiger partial charge in [-0.1, -0.05) is 55.7 Å². The average molecular weight is 486 g/mol. The molecule has 0 amide bonds. The van der Waals surface area contributed by atoms with Crippen molar-refractivity contribution in [3.05, 3.63) is 84.2 Å². The van der Waals surface area contributed by atoms with Crippen molar-refractivity contribution in [2.45, 2.75) is 50.2 Å². The summed E-state index contributed by atoms with van der Waals surface area (Å²) in [5.41, 5.74) is -0.862. The maximum Gasteiger partial charge on any atom is 0.326 e. The average Bonchev–Trinajstić information content (AvgIpc) is 3.13. The fraction of sp³-hybridized carbons (Fsp3) is 0.333. The van der Waals surface area contributed by atoms with Crippen LogP contribution in [0.3, 0.4) is 0 Å². The molecule has 0 bridgehead atoms. The normalized spacial score (nSPS) is 23.0. The number of allylic oxidation sites excluding steroid dienone is 3. The quantitative estimate of drug-likeness (QED) is 0.331. The van der Waals surface area contributed by atoms with E-state index in [2.05, 4.69) is 37.4 Å². The number of halogens is 1. The summed E-state index contributed by atoms with van der Waals surface area (Å²) in [4.78, 5) is 0. The molecule has 1 aliphatic rings. The summed E-state index contributed by atoms with van der Waals surface area (Å²) < 4.78 is 46.8. The van der Waals surface area contributed by atoms with Crippen molar-refractivity contribution in [1.29, 1.82) is 5.26 Å². The Labute approximate surface area is 195 Å². The van der Waals surface area contributed by atoms with Crippen LogP contribution in [0.2, 0.25) is 19.6 Å². The van der Waals surface area contributed by atoms with Crippen LogP contribution < -0.4 is 5.19 Å². The van der Waals surface area contributed by atoms with E-state index in [0.29, 0.717) is 17.8 Å². The first kappa shape index (κ1) is 24.7. The smallest absolute Gasteiger partial charge is 0.326 e. The summed E-state index contributed by atoms with van der Waals surface area (Å²) in [5.74, 6) is -0.713. The zero-order chi connectivity index (χ0) is 24.7. The van der Waals surface area contributed by atoms with E-state index in [1.54, 1.807) is 25.1 Å². The van der Waals surface area contributed by atoms with Gasteiger partial charge >= 0.3 is 10.1 Å². The van der Waals surface area contributed by atoms with Gasteiger partial charge in [0.15, 0.2) is 4.75 Å². The van der Waals surface area contributed by atoms with Crippen molar-refractivity contribution in [2.24, 2.45) is 0 Å². The van der Waals surface area contributed by atoms with Crippen LogP contribution in [0.25, 0.3) is 0 Å².